The summed E-state index contributed by atoms with van der Waals surface area (Å²) in [6.07, 6.45) is 3.40. The first-order valence-electron chi connectivity index (χ1n) is 9.39. The predicted molar refractivity (Wildman–Crippen MR) is 119 cm³/mol. The van der Waals surface area contributed by atoms with Gasteiger partial charge >= 0.3 is 0 Å². The number of fused-ring (bicyclic) bond motifs is 1. The number of thioether (sulfide) groups is 1. The molecule has 1 aromatic carbocycles. The largest absolute Gasteiger partial charge is 0.325 e. The molecule has 1 amide bonds. The molecule has 0 spiro atoms. The molecule has 28 heavy (non-hydrogen) atoms. The Morgan fingerprint density at radius 2 is 1.96 bits per heavy atom. The molecule has 2 aromatic heterocycles. The Labute approximate surface area is 173 Å². The SMILES string of the molecule is CCCCc1ccc(NC(=O)CSc2nc3sc(C)c(C)c3c(=O)n2C)cc1. The first kappa shape index (κ1) is 20.6. The van der Waals surface area contributed by atoms with Gasteiger partial charge in [-0.2, -0.15) is 0 Å². The van der Waals surface area contributed by atoms with Crippen LogP contribution in [0, 0.1) is 13.8 Å². The molecule has 7 heteroatoms. The highest BCUT2D eigenvalue weighted by Gasteiger charge is 2.15. The van der Waals surface area contributed by atoms with Gasteiger partial charge in [-0.05, 0) is 49.9 Å². The van der Waals surface area contributed by atoms with Crippen molar-refractivity contribution in [3.8, 4) is 0 Å². The number of carbonyl (C=O) groups is 1. The summed E-state index contributed by atoms with van der Waals surface area (Å²) in [5, 5.41) is 4.15. The van der Waals surface area contributed by atoms with Crippen LogP contribution in [0.3, 0.4) is 0 Å². The van der Waals surface area contributed by atoms with Gasteiger partial charge in [-0.15, -0.1) is 11.3 Å². The van der Waals surface area contributed by atoms with E-state index in [0.717, 1.165) is 27.4 Å². The van der Waals surface area contributed by atoms with Crippen LogP contribution in [0.2, 0.25) is 0 Å². The zero-order chi connectivity index (χ0) is 20.3. The van der Waals surface area contributed by atoms with Crippen LogP contribution in [0.25, 0.3) is 10.2 Å². The normalized spacial score (nSPS) is 11.1. The van der Waals surface area contributed by atoms with Crippen LogP contribution >= 0.6 is 23.1 Å². The van der Waals surface area contributed by atoms with Crippen LogP contribution in [0.4, 0.5) is 5.69 Å². The van der Waals surface area contributed by atoms with E-state index in [9.17, 15) is 9.59 Å². The Kier molecular flexibility index (Phi) is 6.57. The molecule has 3 rings (SSSR count). The van der Waals surface area contributed by atoms with Crippen molar-refractivity contribution in [2.75, 3.05) is 11.1 Å². The van der Waals surface area contributed by atoms with E-state index in [-0.39, 0.29) is 17.2 Å². The molecule has 0 atom stereocenters. The Bertz CT molecular complexity index is 1050. The van der Waals surface area contributed by atoms with Gasteiger partial charge in [0.2, 0.25) is 5.91 Å². The summed E-state index contributed by atoms with van der Waals surface area (Å²) in [5.41, 5.74) is 3.00. The third-order valence-corrected chi connectivity index (χ3v) is 6.89. The van der Waals surface area contributed by atoms with E-state index in [2.05, 4.69) is 29.4 Å². The summed E-state index contributed by atoms with van der Waals surface area (Å²) < 4.78 is 1.53. The van der Waals surface area contributed by atoms with E-state index in [0.29, 0.717) is 10.5 Å². The molecule has 0 aliphatic carbocycles. The maximum absolute atomic E-state index is 12.6. The second-order valence-corrected chi connectivity index (χ2v) is 9.00. The number of aryl methyl sites for hydroxylation is 3. The van der Waals surface area contributed by atoms with Gasteiger partial charge in [0, 0.05) is 17.6 Å². The maximum Gasteiger partial charge on any atom is 0.262 e. The van der Waals surface area contributed by atoms with Crippen molar-refractivity contribution in [3.05, 3.63) is 50.6 Å². The molecule has 0 fully saturated rings. The first-order valence-corrected chi connectivity index (χ1v) is 11.2. The zero-order valence-electron chi connectivity index (χ0n) is 16.7. The molecule has 2 heterocycles. The van der Waals surface area contributed by atoms with Crippen LogP contribution < -0.4 is 10.9 Å². The molecule has 0 bridgehead atoms. The number of hydrogen-bond acceptors (Lipinski definition) is 5. The number of aromatic nitrogens is 2. The molecule has 0 saturated heterocycles. The van der Waals surface area contributed by atoms with Gasteiger partial charge in [-0.3, -0.25) is 14.2 Å². The molecular formula is C21H25N3O2S2. The minimum absolute atomic E-state index is 0.0579. The van der Waals surface area contributed by atoms with Crippen LogP contribution in [0.5, 0.6) is 0 Å². The minimum atomic E-state index is -0.112. The maximum atomic E-state index is 12.6. The molecular weight excluding hydrogens is 390 g/mol. The van der Waals surface area contributed by atoms with Gasteiger partial charge in [0.25, 0.3) is 5.56 Å². The van der Waals surface area contributed by atoms with E-state index in [1.807, 2.05) is 26.0 Å². The molecule has 0 saturated carbocycles. The Balaban J connectivity index is 1.66. The number of unbranched alkanes of at least 4 members (excludes halogenated alkanes) is 1. The predicted octanol–water partition coefficient (Wildman–Crippen LogP) is 4.69. The molecule has 148 valence electrons. The smallest absolute Gasteiger partial charge is 0.262 e. The van der Waals surface area contributed by atoms with Gasteiger partial charge in [-0.25, -0.2) is 4.98 Å². The number of anilines is 1. The van der Waals surface area contributed by atoms with Gasteiger partial charge in [0.05, 0.1) is 11.1 Å². The minimum Gasteiger partial charge on any atom is -0.325 e. The number of nitrogens with zero attached hydrogens (tertiary/aromatic N) is 2. The average Bonchev–Trinajstić information content (AvgIpc) is 2.97. The van der Waals surface area contributed by atoms with E-state index in [4.69, 9.17) is 0 Å². The highest BCUT2D eigenvalue weighted by molar-refractivity contribution is 7.99. The molecule has 0 aliphatic heterocycles. The lowest BCUT2D eigenvalue weighted by molar-refractivity contribution is -0.113. The lowest BCUT2D eigenvalue weighted by atomic mass is 10.1. The summed E-state index contributed by atoms with van der Waals surface area (Å²) in [4.78, 5) is 31.4. The van der Waals surface area contributed by atoms with Crippen molar-refractivity contribution in [1.29, 1.82) is 0 Å². The van der Waals surface area contributed by atoms with E-state index in [1.54, 1.807) is 7.05 Å². The Hall–Kier alpha value is -2.12. The summed E-state index contributed by atoms with van der Waals surface area (Å²) in [6, 6.07) is 7.98. The number of rotatable bonds is 7. The zero-order valence-corrected chi connectivity index (χ0v) is 18.3. The second-order valence-electron chi connectivity index (χ2n) is 6.86. The van der Waals surface area contributed by atoms with Crippen LogP contribution in [0.1, 0.15) is 35.8 Å². The lowest BCUT2D eigenvalue weighted by Crippen LogP contribution is -2.21. The number of amides is 1. The van der Waals surface area contributed by atoms with Crippen molar-refractivity contribution in [3.63, 3.8) is 0 Å². The van der Waals surface area contributed by atoms with Crippen molar-refractivity contribution >= 4 is 44.9 Å². The third-order valence-electron chi connectivity index (χ3n) is 4.76. The van der Waals surface area contributed by atoms with Gasteiger partial charge in [0.15, 0.2) is 5.16 Å². The standard InChI is InChI=1S/C21H25N3O2S2/c1-5-6-7-15-8-10-16(11-9-15)22-17(25)12-27-21-23-19-18(20(26)24(21)4)13(2)14(3)28-19/h8-11H,5-7,12H2,1-4H3,(H,22,25). The molecule has 3 aromatic rings. The fourth-order valence-electron chi connectivity index (χ4n) is 2.95. The van der Waals surface area contributed by atoms with E-state index >= 15 is 0 Å². The number of nitrogens with one attached hydrogen (secondary N) is 1. The van der Waals surface area contributed by atoms with Crippen LogP contribution in [-0.4, -0.2) is 21.2 Å². The average molecular weight is 416 g/mol. The number of thiophene rings is 1. The van der Waals surface area contributed by atoms with Gasteiger partial charge < -0.3 is 5.32 Å². The summed E-state index contributed by atoms with van der Waals surface area (Å²) >= 11 is 2.80. The summed E-state index contributed by atoms with van der Waals surface area (Å²) in [5.74, 6) is 0.0892. The lowest BCUT2D eigenvalue weighted by Gasteiger charge is -2.08. The van der Waals surface area contributed by atoms with Crippen molar-refractivity contribution in [1.82, 2.24) is 9.55 Å². The monoisotopic (exact) mass is 415 g/mol. The van der Waals surface area contributed by atoms with Crippen molar-refractivity contribution < 1.29 is 4.79 Å². The molecule has 0 aliphatic rings. The highest BCUT2D eigenvalue weighted by atomic mass is 32.2. The molecule has 0 unspecified atom stereocenters. The Morgan fingerprint density at radius 1 is 1.25 bits per heavy atom. The summed E-state index contributed by atoms with van der Waals surface area (Å²) in [6.45, 7) is 6.12. The van der Waals surface area contributed by atoms with Gasteiger partial charge in [-0.1, -0.05) is 37.2 Å². The second kappa shape index (κ2) is 8.92. The fourth-order valence-corrected chi connectivity index (χ4v) is 4.79. The van der Waals surface area contributed by atoms with Crippen LogP contribution in [0.15, 0.2) is 34.2 Å². The number of benzene rings is 1. The quantitative estimate of drug-likeness (QED) is 0.449. The van der Waals surface area contributed by atoms with Crippen molar-refractivity contribution in [2.45, 2.75) is 45.2 Å². The highest BCUT2D eigenvalue weighted by Crippen LogP contribution is 2.28. The van der Waals surface area contributed by atoms with E-state index in [1.165, 1.54) is 46.1 Å². The summed E-state index contributed by atoms with van der Waals surface area (Å²) in [7, 11) is 1.70. The molecule has 1 N–H and O–H groups in total. The Morgan fingerprint density at radius 3 is 2.64 bits per heavy atom. The van der Waals surface area contributed by atoms with Gasteiger partial charge in [0.1, 0.15) is 4.83 Å². The van der Waals surface area contributed by atoms with Crippen molar-refractivity contribution in [2.24, 2.45) is 7.05 Å². The first-order chi connectivity index (χ1) is 13.4. The topological polar surface area (TPSA) is 64.0 Å². The number of carbonyl (C=O) groups excluding carboxylic acids is 1. The molecule has 0 radical (unpaired) electrons. The fraction of sp³-hybridized carbons (Fsp3) is 0.381. The number of hydrogen-bond donors (Lipinski definition) is 1. The van der Waals surface area contributed by atoms with Crippen LogP contribution in [-0.2, 0) is 18.3 Å². The van der Waals surface area contributed by atoms with E-state index < -0.39 is 0 Å². The molecule has 5 nitrogen and oxygen atoms in total. The third kappa shape index (κ3) is 4.47.